The SMILES string of the molecule is CCn1c(SC(C(=O)NC2CC2)c2ccccc2)nc2ccc(Br)cc2c1=O. The van der Waals surface area contributed by atoms with Crippen LogP contribution in [0, 0.1) is 0 Å². The lowest BCUT2D eigenvalue weighted by atomic mass is 10.1. The molecule has 1 atom stereocenters. The van der Waals surface area contributed by atoms with E-state index in [1.165, 1.54) is 11.8 Å². The number of aromatic nitrogens is 2. The van der Waals surface area contributed by atoms with Gasteiger partial charge in [0.2, 0.25) is 5.91 Å². The molecule has 1 unspecified atom stereocenters. The Morgan fingerprint density at radius 2 is 2.04 bits per heavy atom. The minimum atomic E-state index is -0.459. The van der Waals surface area contributed by atoms with Crippen molar-refractivity contribution in [3.63, 3.8) is 0 Å². The number of hydrogen-bond acceptors (Lipinski definition) is 4. The Balaban J connectivity index is 1.77. The average molecular weight is 458 g/mol. The Morgan fingerprint density at radius 3 is 2.71 bits per heavy atom. The van der Waals surface area contributed by atoms with Gasteiger partial charge in [-0.2, -0.15) is 0 Å². The van der Waals surface area contributed by atoms with Crippen molar-refractivity contribution in [3.8, 4) is 0 Å². The van der Waals surface area contributed by atoms with Crippen LogP contribution in [-0.4, -0.2) is 21.5 Å². The molecular weight excluding hydrogens is 438 g/mol. The first-order chi connectivity index (χ1) is 13.6. The molecule has 2 aromatic carbocycles. The zero-order valence-electron chi connectivity index (χ0n) is 15.4. The van der Waals surface area contributed by atoms with E-state index in [1.54, 1.807) is 10.6 Å². The minimum Gasteiger partial charge on any atom is -0.352 e. The van der Waals surface area contributed by atoms with Crippen molar-refractivity contribution >= 4 is 44.5 Å². The maximum absolute atomic E-state index is 13.0. The number of carbonyl (C=O) groups is 1. The third kappa shape index (κ3) is 4.00. The normalized spacial score (nSPS) is 14.8. The van der Waals surface area contributed by atoms with E-state index < -0.39 is 5.25 Å². The lowest BCUT2D eigenvalue weighted by Crippen LogP contribution is -2.30. The molecule has 144 valence electrons. The molecule has 1 heterocycles. The topological polar surface area (TPSA) is 64.0 Å². The Hall–Kier alpha value is -2.12. The zero-order chi connectivity index (χ0) is 19.7. The Labute approximate surface area is 175 Å². The highest BCUT2D eigenvalue weighted by Crippen LogP contribution is 2.35. The first-order valence-electron chi connectivity index (χ1n) is 9.29. The fourth-order valence-electron chi connectivity index (χ4n) is 3.05. The van der Waals surface area contributed by atoms with Crippen LogP contribution in [0.25, 0.3) is 10.9 Å². The van der Waals surface area contributed by atoms with Crippen molar-refractivity contribution in [2.24, 2.45) is 0 Å². The molecule has 28 heavy (non-hydrogen) atoms. The second-order valence-corrected chi connectivity index (χ2v) is 8.78. The van der Waals surface area contributed by atoms with E-state index in [4.69, 9.17) is 4.98 Å². The van der Waals surface area contributed by atoms with E-state index >= 15 is 0 Å². The smallest absolute Gasteiger partial charge is 0.262 e. The van der Waals surface area contributed by atoms with Gasteiger partial charge in [-0.3, -0.25) is 14.2 Å². The lowest BCUT2D eigenvalue weighted by molar-refractivity contribution is -0.120. The number of nitrogens with zero attached hydrogens (tertiary/aromatic N) is 2. The summed E-state index contributed by atoms with van der Waals surface area (Å²) in [5.74, 6) is -0.0356. The summed E-state index contributed by atoms with van der Waals surface area (Å²) in [5, 5.41) is 3.76. The van der Waals surface area contributed by atoms with Crippen molar-refractivity contribution < 1.29 is 4.79 Å². The van der Waals surface area contributed by atoms with Gasteiger partial charge in [0.15, 0.2) is 5.16 Å². The minimum absolute atomic E-state index is 0.0356. The number of carbonyl (C=O) groups excluding carboxylic acids is 1. The molecule has 7 heteroatoms. The van der Waals surface area contributed by atoms with Gasteiger partial charge < -0.3 is 5.32 Å². The molecule has 1 saturated carbocycles. The van der Waals surface area contributed by atoms with Gasteiger partial charge in [-0.05, 0) is 43.5 Å². The standard InChI is InChI=1S/C21H20BrN3O2S/c1-2-25-20(27)16-12-14(22)8-11-17(16)24-21(25)28-18(13-6-4-3-5-7-13)19(26)23-15-9-10-15/h3-8,11-12,15,18H,2,9-10H2,1H3,(H,23,26). The molecule has 1 amide bonds. The molecule has 0 bridgehead atoms. The van der Waals surface area contributed by atoms with Crippen LogP contribution in [-0.2, 0) is 11.3 Å². The van der Waals surface area contributed by atoms with Gasteiger partial charge in [0.05, 0.1) is 10.9 Å². The number of halogens is 1. The molecule has 0 saturated heterocycles. The largest absolute Gasteiger partial charge is 0.352 e. The molecule has 1 aliphatic rings. The monoisotopic (exact) mass is 457 g/mol. The summed E-state index contributed by atoms with van der Waals surface area (Å²) in [4.78, 5) is 30.6. The van der Waals surface area contributed by atoms with Crippen LogP contribution in [0.5, 0.6) is 0 Å². The molecule has 3 aromatic rings. The summed E-state index contributed by atoms with van der Waals surface area (Å²) in [7, 11) is 0. The van der Waals surface area contributed by atoms with Crippen LogP contribution in [0.2, 0.25) is 0 Å². The third-order valence-corrected chi connectivity index (χ3v) is 6.42. The first-order valence-corrected chi connectivity index (χ1v) is 11.0. The lowest BCUT2D eigenvalue weighted by Gasteiger charge is -2.19. The summed E-state index contributed by atoms with van der Waals surface area (Å²) >= 11 is 4.75. The van der Waals surface area contributed by atoms with Crippen molar-refractivity contribution in [3.05, 3.63) is 68.9 Å². The zero-order valence-corrected chi connectivity index (χ0v) is 17.8. The molecule has 1 aromatic heterocycles. The van der Waals surface area contributed by atoms with Crippen LogP contribution in [0.1, 0.15) is 30.6 Å². The number of amides is 1. The van der Waals surface area contributed by atoms with E-state index in [-0.39, 0.29) is 17.5 Å². The summed E-state index contributed by atoms with van der Waals surface area (Å²) in [6.45, 7) is 2.40. The number of rotatable bonds is 6. The van der Waals surface area contributed by atoms with Gasteiger partial charge in [0, 0.05) is 17.1 Å². The summed E-state index contributed by atoms with van der Waals surface area (Å²) in [6, 6.07) is 15.4. The number of thioether (sulfide) groups is 1. The van der Waals surface area contributed by atoms with Crippen LogP contribution < -0.4 is 10.9 Å². The number of hydrogen-bond donors (Lipinski definition) is 1. The first kappa shape index (κ1) is 19.2. The van der Waals surface area contributed by atoms with E-state index in [1.807, 2.05) is 49.4 Å². The molecule has 1 aliphatic carbocycles. The van der Waals surface area contributed by atoms with Crippen molar-refractivity contribution in [2.45, 2.75) is 42.8 Å². The van der Waals surface area contributed by atoms with Crippen LogP contribution in [0.15, 0.2) is 63.0 Å². The molecule has 4 rings (SSSR count). The van der Waals surface area contributed by atoms with Gasteiger partial charge in [-0.15, -0.1) is 0 Å². The van der Waals surface area contributed by atoms with Gasteiger partial charge in [0.1, 0.15) is 5.25 Å². The predicted octanol–water partition coefficient (Wildman–Crippen LogP) is 4.29. The predicted molar refractivity (Wildman–Crippen MR) is 116 cm³/mol. The van der Waals surface area contributed by atoms with Crippen LogP contribution >= 0.6 is 27.7 Å². The Kier molecular flexibility index (Phi) is 5.55. The van der Waals surface area contributed by atoms with Crippen LogP contribution in [0.4, 0.5) is 0 Å². The second-order valence-electron chi connectivity index (χ2n) is 6.80. The van der Waals surface area contributed by atoms with Crippen molar-refractivity contribution in [1.82, 2.24) is 14.9 Å². The highest BCUT2D eigenvalue weighted by molar-refractivity contribution is 9.10. The van der Waals surface area contributed by atoms with Crippen molar-refractivity contribution in [1.29, 1.82) is 0 Å². The van der Waals surface area contributed by atoms with Gasteiger partial charge in [-0.1, -0.05) is 58.0 Å². The van der Waals surface area contributed by atoms with Crippen molar-refractivity contribution in [2.75, 3.05) is 0 Å². The average Bonchev–Trinajstić information content (AvgIpc) is 3.51. The molecule has 1 fully saturated rings. The molecule has 0 aliphatic heterocycles. The molecule has 1 N–H and O–H groups in total. The number of nitrogens with one attached hydrogen (secondary N) is 1. The second kappa shape index (κ2) is 8.09. The summed E-state index contributed by atoms with van der Waals surface area (Å²) < 4.78 is 2.48. The fraction of sp³-hybridized carbons (Fsp3) is 0.286. The van der Waals surface area contributed by atoms with Gasteiger partial charge >= 0.3 is 0 Å². The summed E-state index contributed by atoms with van der Waals surface area (Å²) in [6.07, 6.45) is 2.06. The number of fused-ring (bicyclic) bond motifs is 1. The summed E-state index contributed by atoms with van der Waals surface area (Å²) in [5.41, 5.74) is 1.44. The molecule has 0 spiro atoms. The fourth-order valence-corrected chi connectivity index (χ4v) is 4.58. The number of benzene rings is 2. The molecule has 5 nitrogen and oxygen atoms in total. The van der Waals surface area contributed by atoms with E-state index in [0.29, 0.717) is 22.6 Å². The van der Waals surface area contributed by atoms with Gasteiger partial charge in [-0.25, -0.2) is 4.98 Å². The Bertz CT molecular complexity index is 1080. The molecule has 0 radical (unpaired) electrons. The van der Waals surface area contributed by atoms with E-state index in [9.17, 15) is 9.59 Å². The highest BCUT2D eigenvalue weighted by atomic mass is 79.9. The quantitative estimate of drug-likeness (QED) is 0.442. The maximum atomic E-state index is 13.0. The van der Waals surface area contributed by atoms with E-state index in [2.05, 4.69) is 21.2 Å². The van der Waals surface area contributed by atoms with Crippen LogP contribution in [0.3, 0.4) is 0 Å². The van der Waals surface area contributed by atoms with Gasteiger partial charge in [0.25, 0.3) is 5.56 Å². The third-order valence-electron chi connectivity index (χ3n) is 4.68. The Morgan fingerprint density at radius 1 is 1.29 bits per heavy atom. The molecular formula is C21H20BrN3O2S. The highest BCUT2D eigenvalue weighted by Gasteiger charge is 2.30. The van der Waals surface area contributed by atoms with E-state index in [0.717, 1.165) is 22.9 Å². The maximum Gasteiger partial charge on any atom is 0.262 e.